The van der Waals surface area contributed by atoms with Gasteiger partial charge < -0.3 is 15.4 Å². The van der Waals surface area contributed by atoms with Crippen LogP contribution < -0.4 is 10.6 Å². The molecule has 2 amide bonds. The van der Waals surface area contributed by atoms with Crippen LogP contribution in [-0.4, -0.2) is 29.5 Å². The van der Waals surface area contributed by atoms with Gasteiger partial charge >= 0.3 is 6.03 Å². The van der Waals surface area contributed by atoms with Gasteiger partial charge in [-0.3, -0.25) is 4.68 Å². The number of urea groups is 1. The number of carbonyl (C=O) groups is 1. The highest BCUT2D eigenvalue weighted by atomic mass is 16.5. The molecule has 6 heteroatoms. The molecule has 1 aliphatic rings. The summed E-state index contributed by atoms with van der Waals surface area (Å²) in [5.74, 6) is 0. The summed E-state index contributed by atoms with van der Waals surface area (Å²) in [4.78, 5) is 12.2. The first kappa shape index (κ1) is 15.6. The second-order valence-electron chi connectivity index (χ2n) is 5.70. The number of amides is 2. The van der Waals surface area contributed by atoms with E-state index in [1.807, 2.05) is 35.0 Å². The number of aryl methyl sites for hydroxylation is 1. The molecule has 2 N–H and O–H groups in total. The fourth-order valence-electron chi connectivity index (χ4n) is 2.88. The highest BCUT2D eigenvalue weighted by molar-refractivity contribution is 5.89. The number of nitrogens with zero attached hydrogens (tertiary/aromatic N) is 2. The van der Waals surface area contributed by atoms with Crippen molar-refractivity contribution < 1.29 is 9.53 Å². The predicted molar refractivity (Wildman–Crippen MR) is 88.4 cm³/mol. The van der Waals surface area contributed by atoms with Crippen LogP contribution >= 0.6 is 0 Å². The molecule has 122 valence electrons. The van der Waals surface area contributed by atoms with E-state index in [4.69, 9.17) is 4.74 Å². The second-order valence-corrected chi connectivity index (χ2v) is 5.70. The summed E-state index contributed by atoms with van der Waals surface area (Å²) < 4.78 is 7.00. The van der Waals surface area contributed by atoms with E-state index in [9.17, 15) is 4.79 Å². The van der Waals surface area contributed by atoms with E-state index in [-0.39, 0.29) is 12.1 Å². The largest absolute Gasteiger partial charge is 0.383 e. The van der Waals surface area contributed by atoms with Gasteiger partial charge in [-0.15, -0.1) is 0 Å². The van der Waals surface area contributed by atoms with Crippen molar-refractivity contribution in [2.24, 2.45) is 0 Å². The van der Waals surface area contributed by atoms with Crippen molar-refractivity contribution in [3.05, 3.63) is 47.8 Å². The first-order valence-corrected chi connectivity index (χ1v) is 7.94. The number of ether oxygens (including phenoxy) is 1. The third-order valence-electron chi connectivity index (χ3n) is 4.00. The molecule has 0 radical (unpaired) electrons. The monoisotopic (exact) mass is 314 g/mol. The summed E-state index contributed by atoms with van der Waals surface area (Å²) in [5.41, 5.74) is 2.99. The van der Waals surface area contributed by atoms with Crippen LogP contribution in [0.4, 0.5) is 10.5 Å². The Kier molecular flexibility index (Phi) is 4.92. The number of rotatable bonds is 5. The van der Waals surface area contributed by atoms with Gasteiger partial charge in [0.25, 0.3) is 0 Å². The standard InChI is InChI=1S/C17H22N4O2/c1-23-11-10-21-12-13-6-5-9-15(16(13)20-21)19-17(22)18-14-7-3-2-4-8-14/h2-4,7-8,12,15H,5-6,9-11H2,1H3,(H2,18,19,22). The van der Waals surface area contributed by atoms with Crippen LogP contribution in [0.2, 0.25) is 0 Å². The summed E-state index contributed by atoms with van der Waals surface area (Å²) in [5, 5.41) is 10.5. The Morgan fingerprint density at radius 1 is 1.39 bits per heavy atom. The summed E-state index contributed by atoms with van der Waals surface area (Å²) in [6, 6.07) is 9.21. The van der Waals surface area contributed by atoms with Gasteiger partial charge in [0.2, 0.25) is 0 Å². The van der Waals surface area contributed by atoms with E-state index in [1.165, 1.54) is 5.56 Å². The van der Waals surface area contributed by atoms with Crippen LogP contribution in [-0.2, 0) is 17.7 Å². The Morgan fingerprint density at radius 2 is 2.22 bits per heavy atom. The quantitative estimate of drug-likeness (QED) is 0.891. The number of methoxy groups -OCH3 is 1. The van der Waals surface area contributed by atoms with E-state index >= 15 is 0 Å². The SMILES string of the molecule is COCCn1cc2c(n1)C(NC(=O)Nc1ccccc1)CCC2. The second kappa shape index (κ2) is 7.28. The molecule has 1 aliphatic carbocycles. The maximum atomic E-state index is 12.2. The van der Waals surface area contributed by atoms with Gasteiger partial charge in [-0.05, 0) is 37.0 Å². The van der Waals surface area contributed by atoms with E-state index < -0.39 is 0 Å². The summed E-state index contributed by atoms with van der Waals surface area (Å²) >= 11 is 0. The molecule has 1 aromatic heterocycles. The van der Waals surface area contributed by atoms with Crippen LogP contribution in [0.25, 0.3) is 0 Å². The predicted octanol–water partition coefficient (Wildman–Crippen LogP) is 2.73. The van der Waals surface area contributed by atoms with Gasteiger partial charge in [0.1, 0.15) is 0 Å². The van der Waals surface area contributed by atoms with Crippen LogP contribution in [0.15, 0.2) is 36.5 Å². The Morgan fingerprint density at radius 3 is 3.00 bits per heavy atom. The Labute approximate surface area is 135 Å². The molecule has 0 bridgehead atoms. The maximum Gasteiger partial charge on any atom is 0.319 e. The van der Waals surface area contributed by atoms with Crippen LogP contribution in [0.1, 0.15) is 30.1 Å². The number of hydrogen-bond donors (Lipinski definition) is 2. The van der Waals surface area contributed by atoms with E-state index in [0.29, 0.717) is 6.61 Å². The first-order chi connectivity index (χ1) is 11.3. The normalized spacial score (nSPS) is 16.7. The minimum absolute atomic E-state index is 0.0359. The average Bonchev–Trinajstić information content (AvgIpc) is 2.98. The van der Waals surface area contributed by atoms with Crippen molar-refractivity contribution in [2.75, 3.05) is 19.0 Å². The first-order valence-electron chi connectivity index (χ1n) is 7.94. The molecule has 3 rings (SSSR count). The molecule has 2 aromatic rings. The third kappa shape index (κ3) is 3.90. The molecule has 6 nitrogen and oxygen atoms in total. The van der Waals surface area contributed by atoms with Gasteiger partial charge in [0.15, 0.2) is 0 Å². The molecule has 0 fully saturated rings. The van der Waals surface area contributed by atoms with Crippen molar-refractivity contribution >= 4 is 11.7 Å². The molecular formula is C17H22N4O2. The molecule has 1 unspecified atom stereocenters. The molecule has 0 aliphatic heterocycles. The van der Waals surface area contributed by atoms with Gasteiger partial charge in [-0.25, -0.2) is 4.79 Å². The van der Waals surface area contributed by atoms with Gasteiger partial charge in [0.05, 0.1) is 24.9 Å². The van der Waals surface area contributed by atoms with E-state index in [2.05, 4.69) is 21.9 Å². The van der Waals surface area contributed by atoms with Gasteiger partial charge in [-0.2, -0.15) is 5.10 Å². The van der Waals surface area contributed by atoms with Crippen molar-refractivity contribution in [3.8, 4) is 0 Å². The zero-order chi connectivity index (χ0) is 16.1. The Balaban J connectivity index is 1.65. The zero-order valence-corrected chi connectivity index (χ0v) is 13.3. The van der Waals surface area contributed by atoms with Crippen molar-refractivity contribution in [1.82, 2.24) is 15.1 Å². The van der Waals surface area contributed by atoms with E-state index in [1.54, 1.807) is 7.11 Å². The highest BCUT2D eigenvalue weighted by Crippen LogP contribution is 2.28. The fraction of sp³-hybridized carbons (Fsp3) is 0.412. The number of fused-ring (bicyclic) bond motifs is 1. The molecule has 23 heavy (non-hydrogen) atoms. The molecule has 0 saturated carbocycles. The van der Waals surface area contributed by atoms with Crippen LogP contribution in [0.3, 0.4) is 0 Å². The highest BCUT2D eigenvalue weighted by Gasteiger charge is 2.25. The fourth-order valence-corrected chi connectivity index (χ4v) is 2.88. The lowest BCUT2D eigenvalue weighted by Crippen LogP contribution is -2.34. The average molecular weight is 314 g/mol. The lowest BCUT2D eigenvalue weighted by molar-refractivity contribution is 0.183. The summed E-state index contributed by atoms with van der Waals surface area (Å²) in [7, 11) is 1.68. The van der Waals surface area contributed by atoms with Crippen molar-refractivity contribution in [2.45, 2.75) is 31.8 Å². The van der Waals surface area contributed by atoms with Gasteiger partial charge in [0, 0.05) is 19.0 Å². The third-order valence-corrected chi connectivity index (χ3v) is 4.00. The molecule has 1 atom stereocenters. The maximum absolute atomic E-state index is 12.2. The minimum atomic E-state index is -0.194. The van der Waals surface area contributed by atoms with Gasteiger partial charge in [-0.1, -0.05) is 18.2 Å². The van der Waals surface area contributed by atoms with Crippen molar-refractivity contribution in [1.29, 1.82) is 0 Å². The molecule has 0 spiro atoms. The molecule has 1 aromatic carbocycles. The van der Waals surface area contributed by atoms with E-state index in [0.717, 1.165) is 37.2 Å². The molecule has 0 saturated heterocycles. The number of benzene rings is 1. The molecule has 1 heterocycles. The number of nitrogens with one attached hydrogen (secondary N) is 2. The Hall–Kier alpha value is -2.34. The topological polar surface area (TPSA) is 68.2 Å². The number of para-hydroxylation sites is 1. The zero-order valence-electron chi connectivity index (χ0n) is 13.3. The van der Waals surface area contributed by atoms with Crippen LogP contribution in [0.5, 0.6) is 0 Å². The number of hydrogen-bond acceptors (Lipinski definition) is 3. The Bertz CT molecular complexity index is 654. The number of carbonyl (C=O) groups excluding carboxylic acids is 1. The smallest absolute Gasteiger partial charge is 0.319 e. The van der Waals surface area contributed by atoms with Crippen LogP contribution in [0, 0.1) is 0 Å². The summed E-state index contributed by atoms with van der Waals surface area (Å²) in [6.07, 6.45) is 5.05. The minimum Gasteiger partial charge on any atom is -0.383 e. The molecular weight excluding hydrogens is 292 g/mol. The lowest BCUT2D eigenvalue weighted by atomic mass is 9.94. The summed E-state index contributed by atoms with van der Waals surface area (Å²) in [6.45, 7) is 1.36. The van der Waals surface area contributed by atoms with Crippen molar-refractivity contribution in [3.63, 3.8) is 0 Å². The number of anilines is 1. The number of aromatic nitrogens is 2. The lowest BCUT2D eigenvalue weighted by Gasteiger charge is -2.22.